The average molecular weight is 343 g/mol. The van der Waals surface area contributed by atoms with Gasteiger partial charge in [0.05, 0.1) is 11.6 Å². The summed E-state index contributed by atoms with van der Waals surface area (Å²) in [6, 6.07) is 10.2. The molecule has 24 heavy (non-hydrogen) atoms. The highest BCUT2D eigenvalue weighted by molar-refractivity contribution is 7.12. The van der Waals surface area contributed by atoms with Gasteiger partial charge in [-0.25, -0.2) is 4.79 Å². The summed E-state index contributed by atoms with van der Waals surface area (Å²) >= 11 is 1.53. The van der Waals surface area contributed by atoms with Crippen LogP contribution in [0.25, 0.3) is 0 Å². The molecule has 0 aliphatic carbocycles. The number of hydrogen-bond acceptors (Lipinski definition) is 6. The Balaban J connectivity index is 1.88. The first kappa shape index (κ1) is 17.7. The summed E-state index contributed by atoms with van der Waals surface area (Å²) in [6.07, 6.45) is -0.851. The number of nitriles is 1. The molecule has 0 saturated carbocycles. The van der Waals surface area contributed by atoms with Crippen LogP contribution in [0, 0.1) is 25.2 Å². The molecule has 0 N–H and O–H groups in total. The fraction of sp³-hybridized carbons (Fsp3) is 0.278. The zero-order valence-electron chi connectivity index (χ0n) is 13.7. The Morgan fingerprint density at radius 3 is 2.46 bits per heavy atom. The first-order valence-corrected chi connectivity index (χ1v) is 8.16. The number of carbonyl (C=O) groups is 2. The fourth-order valence-corrected chi connectivity index (χ4v) is 3.04. The molecule has 1 aromatic heterocycles. The maximum Gasteiger partial charge on any atom is 0.347 e. The summed E-state index contributed by atoms with van der Waals surface area (Å²) < 4.78 is 10.5. The standard InChI is InChI=1S/C18H17NO4S/c1-11-8-16(13(3)24-11)17(20)10-22-18(21)12(2)23-15-6-4-14(9-19)5-7-15/h4-8,12H,10H2,1-3H3/t12-/m1/s1. The number of carbonyl (C=O) groups excluding carboxylic acids is 2. The first-order valence-electron chi connectivity index (χ1n) is 7.34. The molecule has 1 atom stereocenters. The Morgan fingerprint density at radius 1 is 1.25 bits per heavy atom. The van der Waals surface area contributed by atoms with Gasteiger partial charge in [0.1, 0.15) is 5.75 Å². The predicted octanol–water partition coefficient (Wildman–Crippen LogP) is 3.43. The topological polar surface area (TPSA) is 76.4 Å². The van der Waals surface area contributed by atoms with E-state index in [0.29, 0.717) is 16.9 Å². The van der Waals surface area contributed by atoms with Gasteiger partial charge in [-0.15, -0.1) is 11.3 Å². The summed E-state index contributed by atoms with van der Waals surface area (Å²) in [5, 5.41) is 8.74. The number of Topliss-reactive ketones (excluding diaryl/α,β-unsaturated/α-hetero) is 1. The van der Waals surface area contributed by atoms with Crippen LogP contribution >= 0.6 is 11.3 Å². The van der Waals surface area contributed by atoms with E-state index in [1.807, 2.05) is 19.9 Å². The van der Waals surface area contributed by atoms with Crippen molar-refractivity contribution < 1.29 is 19.1 Å². The van der Waals surface area contributed by atoms with E-state index < -0.39 is 12.1 Å². The minimum absolute atomic E-state index is 0.226. The van der Waals surface area contributed by atoms with Gasteiger partial charge < -0.3 is 9.47 Å². The maximum atomic E-state index is 12.1. The van der Waals surface area contributed by atoms with E-state index in [9.17, 15) is 9.59 Å². The van der Waals surface area contributed by atoms with E-state index in [0.717, 1.165) is 9.75 Å². The van der Waals surface area contributed by atoms with Gasteiger partial charge in [-0.05, 0) is 51.1 Å². The van der Waals surface area contributed by atoms with E-state index in [-0.39, 0.29) is 12.4 Å². The second-order valence-corrected chi connectivity index (χ2v) is 6.71. The van der Waals surface area contributed by atoms with Crippen LogP contribution in [-0.2, 0) is 9.53 Å². The Kier molecular flexibility index (Phi) is 5.72. The Bertz CT molecular complexity index is 786. The molecule has 0 aliphatic rings. The lowest BCUT2D eigenvalue weighted by Crippen LogP contribution is -2.28. The van der Waals surface area contributed by atoms with Crippen LogP contribution in [0.15, 0.2) is 30.3 Å². The van der Waals surface area contributed by atoms with Crippen LogP contribution in [0.2, 0.25) is 0 Å². The molecule has 2 rings (SSSR count). The summed E-state index contributed by atoms with van der Waals surface area (Å²) in [7, 11) is 0. The van der Waals surface area contributed by atoms with Crippen LogP contribution in [0.1, 0.15) is 32.6 Å². The molecule has 0 spiro atoms. The van der Waals surface area contributed by atoms with Crippen molar-refractivity contribution in [2.24, 2.45) is 0 Å². The van der Waals surface area contributed by atoms with Gasteiger partial charge in [0.2, 0.25) is 5.78 Å². The van der Waals surface area contributed by atoms with Gasteiger partial charge in [0.25, 0.3) is 0 Å². The molecular formula is C18H17NO4S. The SMILES string of the molecule is Cc1cc(C(=O)COC(=O)[C@@H](C)Oc2ccc(C#N)cc2)c(C)s1. The monoisotopic (exact) mass is 343 g/mol. The lowest BCUT2D eigenvalue weighted by Gasteiger charge is -2.13. The highest BCUT2D eigenvalue weighted by atomic mass is 32.1. The van der Waals surface area contributed by atoms with Crippen molar-refractivity contribution in [2.45, 2.75) is 26.9 Å². The van der Waals surface area contributed by atoms with E-state index >= 15 is 0 Å². The summed E-state index contributed by atoms with van der Waals surface area (Å²) in [5.74, 6) is -0.387. The predicted molar refractivity (Wildman–Crippen MR) is 90.3 cm³/mol. The van der Waals surface area contributed by atoms with Gasteiger partial charge in [-0.1, -0.05) is 0 Å². The normalized spacial score (nSPS) is 11.4. The van der Waals surface area contributed by atoms with Gasteiger partial charge in [-0.2, -0.15) is 5.26 Å². The second kappa shape index (κ2) is 7.75. The summed E-state index contributed by atoms with van der Waals surface area (Å²) in [4.78, 5) is 26.0. The van der Waals surface area contributed by atoms with Crippen molar-refractivity contribution in [1.82, 2.24) is 0 Å². The molecule has 0 aliphatic heterocycles. The number of ether oxygens (including phenoxy) is 2. The minimum atomic E-state index is -0.851. The molecule has 6 heteroatoms. The third-order valence-electron chi connectivity index (χ3n) is 3.32. The second-order valence-electron chi connectivity index (χ2n) is 5.25. The largest absolute Gasteiger partial charge is 0.479 e. The van der Waals surface area contributed by atoms with Crippen molar-refractivity contribution in [3.63, 3.8) is 0 Å². The number of esters is 1. The quantitative estimate of drug-likeness (QED) is 0.593. The molecule has 124 valence electrons. The highest BCUT2D eigenvalue weighted by Gasteiger charge is 2.19. The average Bonchev–Trinajstić information content (AvgIpc) is 2.91. The smallest absolute Gasteiger partial charge is 0.347 e. The van der Waals surface area contributed by atoms with Crippen LogP contribution in [-0.4, -0.2) is 24.5 Å². The summed E-state index contributed by atoms with van der Waals surface area (Å²) in [5.41, 5.74) is 1.09. The van der Waals surface area contributed by atoms with Crippen molar-refractivity contribution in [3.8, 4) is 11.8 Å². The zero-order chi connectivity index (χ0) is 17.7. The highest BCUT2D eigenvalue weighted by Crippen LogP contribution is 2.21. The van der Waals surface area contributed by atoms with E-state index in [1.165, 1.54) is 11.3 Å². The van der Waals surface area contributed by atoms with Crippen LogP contribution < -0.4 is 4.74 Å². The molecule has 5 nitrogen and oxygen atoms in total. The fourth-order valence-electron chi connectivity index (χ4n) is 2.10. The van der Waals surface area contributed by atoms with Crippen LogP contribution in [0.3, 0.4) is 0 Å². The van der Waals surface area contributed by atoms with Gasteiger partial charge in [0.15, 0.2) is 12.7 Å². The Hall–Kier alpha value is -2.65. The van der Waals surface area contributed by atoms with Crippen molar-refractivity contribution in [3.05, 3.63) is 51.2 Å². The maximum absolute atomic E-state index is 12.1. The molecule has 1 heterocycles. The molecule has 0 bridgehead atoms. The first-order chi connectivity index (χ1) is 11.4. The van der Waals surface area contributed by atoms with E-state index in [1.54, 1.807) is 37.3 Å². The van der Waals surface area contributed by atoms with Crippen LogP contribution in [0.5, 0.6) is 5.75 Å². The number of nitrogens with zero attached hydrogens (tertiary/aromatic N) is 1. The molecule has 0 fully saturated rings. The lowest BCUT2D eigenvalue weighted by atomic mass is 10.2. The van der Waals surface area contributed by atoms with Crippen molar-refractivity contribution in [2.75, 3.05) is 6.61 Å². The molecule has 0 amide bonds. The van der Waals surface area contributed by atoms with Crippen LogP contribution in [0.4, 0.5) is 0 Å². The molecule has 0 radical (unpaired) electrons. The minimum Gasteiger partial charge on any atom is -0.479 e. The number of benzene rings is 1. The number of hydrogen-bond donors (Lipinski definition) is 0. The molecule has 2 aromatic rings. The van der Waals surface area contributed by atoms with Gasteiger partial charge in [0, 0.05) is 15.3 Å². The number of rotatable bonds is 6. The summed E-state index contributed by atoms with van der Waals surface area (Å²) in [6.45, 7) is 5.03. The van der Waals surface area contributed by atoms with E-state index in [4.69, 9.17) is 14.7 Å². The molecule has 0 saturated heterocycles. The zero-order valence-corrected chi connectivity index (χ0v) is 14.5. The molecule has 0 unspecified atom stereocenters. The number of aryl methyl sites for hydroxylation is 2. The van der Waals surface area contributed by atoms with Gasteiger partial charge >= 0.3 is 5.97 Å². The lowest BCUT2D eigenvalue weighted by molar-refractivity contribution is -0.149. The Morgan fingerprint density at radius 2 is 1.92 bits per heavy atom. The number of thiophene rings is 1. The Labute approximate surface area is 144 Å². The van der Waals surface area contributed by atoms with E-state index in [2.05, 4.69) is 0 Å². The third kappa shape index (κ3) is 4.43. The molecule has 1 aromatic carbocycles. The van der Waals surface area contributed by atoms with Crippen molar-refractivity contribution >= 4 is 23.1 Å². The van der Waals surface area contributed by atoms with Gasteiger partial charge in [-0.3, -0.25) is 4.79 Å². The number of ketones is 1. The third-order valence-corrected chi connectivity index (χ3v) is 4.28. The molecular weight excluding hydrogens is 326 g/mol. The van der Waals surface area contributed by atoms with Crippen molar-refractivity contribution in [1.29, 1.82) is 5.26 Å².